The van der Waals surface area contributed by atoms with Gasteiger partial charge in [0.2, 0.25) is 0 Å². The molecule has 1 saturated heterocycles. The van der Waals surface area contributed by atoms with Gasteiger partial charge in [-0.1, -0.05) is 0 Å². The van der Waals surface area contributed by atoms with Gasteiger partial charge in [-0.25, -0.2) is 4.39 Å². The average Bonchev–Trinajstić information content (AvgIpc) is 2.41. The molecule has 1 aliphatic rings. The Kier molecular flexibility index (Phi) is 5.00. The highest BCUT2D eigenvalue weighted by atomic mass is 19.1. The Morgan fingerprint density at radius 2 is 1.65 bits per heavy atom. The third kappa shape index (κ3) is 3.70. The van der Waals surface area contributed by atoms with Gasteiger partial charge < -0.3 is 9.80 Å². The number of hydrogen-bond donors (Lipinski definition) is 0. The first-order chi connectivity index (χ1) is 9.47. The van der Waals surface area contributed by atoms with Crippen molar-refractivity contribution in [3.63, 3.8) is 0 Å². The molecule has 1 fully saturated rings. The van der Waals surface area contributed by atoms with Crippen LogP contribution >= 0.6 is 0 Å². The molecule has 0 amide bonds. The van der Waals surface area contributed by atoms with Gasteiger partial charge in [-0.3, -0.25) is 4.90 Å². The molecule has 1 aromatic carbocycles. The molecule has 0 N–H and O–H groups in total. The first kappa shape index (κ1) is 15.3. The van der Waals surface area contributed by atoms with E-state index in [4.69, 9.17) is 0 Å². The molecule has 0 spiro atoms. The minimum Gasteiger partial charge on any atom is -0.367 e. The third-order valence-corrected chi connectivity index (χ3v) is 4.14. The largest absolute Gasteiger partial charge is 0.367 e. The lowest BCUT2D eigenvalue weighted by atomic mass is 10.1. The molecule has 0 unspecified atom stereocenters. The van der Waals surface area contributed by atoms with Gasteiger partial charge in [0, 0.05) is 39.3 Å². The maximum Gasteiger partial charge on any atom is 0.146 e. The van der Waals surface area contributed by atoms with Crippen molar-refractivity contribution >= 4 is 5.69 Å². The van der Waals surface area contributed by atoms with E-state index in [0.29, 0.717) is 0 Å². The van der Waals surface area contributed by atoms with Crippen LogP contribution in [-0.4, -0.2) is 63.2 Å². The van der Waals surface area contributed by atoms with Crippen LogP contribution in [0.1, 0.15) is 11.1 Å². The number of likely N-dealkylation sites (N-methyl/N-ethyl adjacent to an activating group) is 1. The number of rotatable bonds is 4. The predicted octanol–water partition coefficient (Wildman–Crippen LogP) is 2.13. The zero-order valence-corrected chi connectivity index (χ0v) is 13.1. The molecular formula is C16H26FN3. The van der Waals surface area contributed by atoms with Crippen LogP contribution < -0.4 is 4.90 Å². The molecule has 0 radical (unpaired) electrons. The second-order valence-electron chi connectivity index (χ2n) is 6.02. The van der Waals surface area contributed by atoms with Crippen LogP contribution in [0, 0.1) is 19.7 Å². The van der Waals surface area contributed by atoms with Crippen molar-refractivity contribution < 1.29 is 4.39 Å². The Hall–Kier alpha value is -1.13. The first-order valence-electron chi connectivity index (χ1n) is 7.36. The molecule has 0 bridgehead atoms. The molecule has 112 valence electrons. The molecule has 2 rings (SSSR count). The Bertz CT molecular complexity index is 451. The van der Waals surface area contributed by atoms with Crippen molar-refractivity contribution in [2.45, 2.75) is 13.8 Å². The average molecular weight is 279 g/mol. The summed E-state index contributed by atoms with van der Waals surface area (Å²) >= 11 is 0. The Balaban J connectivity index is 1.95. The van der Waals surface area contributed by atoms with Crippen LogP contribution in [0.3, 0.4) is 0 Å². The van der Waals surface area contributed by atoms with E-state index in [-0.39, 0.29) is 5.82 Å². The summed E-state index contributed by atoms with van der Waals surface area (Å²) in [5.41, 5.74) is 2.95. The summed E-state index contributed by atoms with van der Waals surface area (Å²) < 4.78 is 14.1. The first-order valence-corrected chi connectivity index (χ1v) is 7.36. The standard InChI is InChI=1S/C16H26FN3/c1-13-11-15(17)16(12-14(13)2)20-9-7-19(8-10-20)6-5-18(3)4/h11-12H,5-10H2,1-4H3. The summed E-state index contributed by atoms with van der Waals surface area (Å²) in [5.74, 6) is -0.0881. The summed E-state index contributed by atoms with van der Waals surface area (Å²) in [6.07, 6.45) is 0. The van der Waals surface area contributed by atoms with Gasteiger partial charge in [0.05, 0.1) is 5.69 Å². The van der Waals surface area contributed by atoms with E-state index in [9.17, 15) is 4.39 Å². The van der Waals surface area contributed by atoms with Crippen molar-refractivity contribution in [3.05, 3.63) is 29.1 Å². The summed E-state index contributed by atoms with van der Waals surface area (Å²) in [6.45, 7) is 10.0. The van der Waals surface area contributed by atoms with Gasteiger partial charge in [0.25, 0.3) is 0 Å². The van der Waals surface area contributed by atoms with Crippen molar-refractivity contribution in [1.29, 1.82) is 0 Å². The highest BCUT2D eigenvalue weighted by Gasteiger charge is 2.19. The van der Waals surface area contributed by atoms with Gasteiger partial charge in [0.15, 0.2) is 0 Å². The number of hydrogen-bond acceptors (Lipinski definition) is 3. The van der Waals surface area contributed by atoms with Crippen LogP contribution in [-0.2, 0) is 0 Å². The van der Waals surface area contributed by atoms with Crippen molar-refractivity contribution in [2.75, 3.05) is 58.3 Å². The topological polar surface area (TPSA) is 9.72 Å². The molecular weight excluding hydrogens is 253 g/mol. The number of benzene rings is 1. The van der Waals surface area contributed by atoms with E-state index in [0.717, 1.165) is 56.1 Å². The highest BCUT2D eigenvalue weighted by molar-refractivity contribution is 5.52. The molecule has 1 aliphatic heterocycles. The number of aryl methyl sites for hydroxylation is 2. The Labute approximate surface area is 122 Å². The lowest BCUT2D eigenvalue weighted by Gasteiger charge is -2.36. The van der Waals surface area contributed by atoms with Gasteiger partial charge in [0.1, 0.15) is 5.82 Å². The summed E-state index contributed by atoms with van der Waals surface area (Å²) in [7, 11) is 4.20. The monoisotopic (exact) mass is 279 g/mol. The van der Waals surface area contributed by atoms with Gasteiger partial charge >= 0.3 is 0 Å². The van der Waals surface area contributed by atoms with Gasteiger partial charge in [-0.2, -0.15) is 0 Å². The molecule has 3 nitrogen and oxygen atoms in total. The molecule has 20 heavy (non-hydrogen) atoms. The van der Waals surface area contributed by atoms with Crippen molar-refractivity contribution in [1.82, 2.24) is 9.80 Å². The quantitative estimate of drug-likeness (QED) is 0.836. The number of anilines is 1. The van der Waals surface area contributed by atoms with Crippen molar-refractivity contribution in [2.24, 2.45) is 0 Å². The normalized spacial score (nSPS) is 17.0. The maximum atomic E-state index is 14.1. The van der Waals surface area contributed by atoms with E-state index in [1.165, 1.54) is 0 Å². The molecule has 1 aromatic rings. The summed E-state index contributed by atoms with van der Waals surface area (Å²) in [5, 5.41) is 0. The molecule has 0 atom stereocenters. The van der Waals surface area contributed by atoms with Gasteiger partial charge in [-0.05, 0) is 51.2 Å². The minimum atomic E-state index is -0.0881. The SMILES string of the molecule is Cc1cc(F)c(N2CCN(CCN(C)C)CC2)cc1C. The van der Waals surface area contributed by atoms with Gasteiger partial charge in [-0.15, -0.1) is 0 Å². The number of piperazine rings is 1. The zero-order valence-electron chi connectivity index (χ0n) is 13.1. The predicted molar refractivity (Wildman–Crippen MR) is 83.1 cm³/mol. The smallest absolute Gasteiger partial charge is 0.146 e. The van der Waals surface area contributed by atoms with Crippen LogP contribution in [0.2, 0.25) is 0 Å². The van der Waals surface area contributed by atoms with E-state index in [1.807, 2.05) is 19.9 Å². The second kappa shape index (κ2) is 6.55. The third-order valence-electron chi connectivity index (χ3n) is 4.14. The lowest BCUT2D eigenvalue weighted by molar-refractivity contribution is 0.229. The second-order valence-corrected chi connectivity index (χ2v) is 6.02. The van der Waals surface area contributed by atoms with Crippen LogP contribution in [0.25, 0.3) is 0 Å². The van der Waals surface area contributed by atoms with Crippen molar-refractivity contribution in [3.8, 4) is 0 Å². The summed E-state index contributed by atoms with van der Waals surface area (Å²) in [4.78, 5) is 6.83. The Morgan fingerprint density at radius 3 is 2.25 bits per heavy atom. The molecule has 0 aromatic heterocycles. The number of halogens is 1. The fraction of sp³-hybridized carbons (Fsp3) is 0.625. The molecule has 1 heterocycles. The zero-order chi connectivity index (χ0) is 14.7. The van der Waals surface area contributed by atoms with E-state index in [2.05, 4.69) is 28.8 Å². The molecule has 0 saturated carbocycles. The fourth-order valence-corrected chi connectivity index (χ4v) is 2.56. The van der Waals surface area contributed by atoms with E-state index in [1.54, 1.807) is 6.07 Å². The van der Waals surface area contributed by atoms with Crippen LogP contribution in [0.15, 0.2) is 12.1 Å². The maximum absolute atomic E-state index is 14.1. The van der Waals surface area contributed by atoms with Crippen LogP contribution in [0.4, 0.5) is 10.1 Å². The lowest BCUT2D eigenvalue weighted by Crippen LogP contribution is -2.48. The molecule has 0 aliphatic carbocycles. The summed E-state index contributed by atoms with van der Waals surface area (Å²) in [6, 6.07) is 3.64. The van der Waals surface area contributed by atoms with E-state index >= 15 is 0 Å². The highest BCUT2D eigenvalue weighted by Crippen LogP contribution is 2.24. The van der Waals surface area contributed by atoms with Crippen LogP contribution in [0.5, 0.6) is 0 Å². The minimum absolute atomic E-state index is 0.0881. The fourth-order valence-electron chi connectivity index (χ4n) is 2.56. The molecule has 4 heteroatoms. The Morgan fingerprint density at radius 1 is 1.05 bits per heavy atom. The van der Waals surface area contributed by atoms with E-state index < -0.39 is 0 Å². The number of nitrogens with zero attached hydrogens (tertiary/aromatic N) is 3.